The summed E-state index contributed by atoms with van der Waals surface area (Å²) in [4.78, 5) is 0. The predicted molar refractivity (Wildman–Crippen MR) is 84.5 cm³/mol. The number of aryl methyl sites for hydroxylation is 1. The highest BCUT2D eigenvalue weighted by molar-refractivity contribution is 7.17. The number of hydrogen-bond acceptors (Lipinski definition) is 4. The molecule has 3 aromatic rings. The summed E-state index contributed by atoms with van der Waals surface area (Å²) in [6, 6.07) is 10.9. The van der Waals surface area contributed by atoms with Gasteiger partial charge in [0, 0.05) is 10.7 Å². The monoisotopic (exact) mass is 288 g/mol. The Hall–Kier alpha value is -1.20. The number of nitrogens with one attached hydrogen (secondary N) is 1. The van der Waals surface area contributed by atoms with E-state index in [2.05, 4.69) is 51.9 Å². The molecule has 0 aliphatic carbocycles. The minimum absolute atomic E-state index is 0.219. The van der Waals surface area contributed by atoms with E-state index >= 15 is 0 Å². The minimum Gasteiger partial charge on any atom is -0.271 e. The van der Waals surface area contributed by atoms with Crippen LogP contribution in [0.3, 0.4) is 0 Å². The van der Waals surface area contributed by atoms with Crippen LogP contribution in [-0.2, 0) is 6.42 Å². The number of hydrazine groups is 1. The van der Waals surface area contributed by atoms with Gasteiger partial charge in [-0.2, -0.15) is 11.3 Å². The van der Waals surface area contributed by atoms with E-state index in [1.54, 1.807) is 22.7 Å². The van der Waals surface area contributed by atoms with Gasteiger partial charge in [0.1, 0.15) is 0 Å². The van der Waals surface area contributed by atoms with Gasteiger partial charge in [-0.25, -0.2) is 0 Å². The van der Waals surface area contributed by atoms with Gasteiger partial charge in [0.05, 0.1) is 0 Å². The van der Waals surface area contributed by atoms with Gasteiger partial charge in [0.15, 0.2) is 0 Å². The molecule has 4 heteroatoms. The van der Waals surface area contributed by atoms with E-state index in [-0.39, 0.29) is 6.04 Å². The molecular formula is C15H16N2S2. The first kappa shape index (κ1) is 12.8. The molecule has 1 atom stereocenters. The van der Waals surface area contributed by atoms with Crippen molar-refractivity contribution in [2.45, 2.75) is 18.9 Å². The predicted octanol–water partition coefficient (Wildman–Crippen LogP) is 4.10. The first-order valence-corrected chi connectivity index (χ1v) is 8.14. The van der Waals surface area contributed by atoms with Crippen LogP contribution in [0.4, 0.5) is 0 Å². The summed E-state index contributed by atoms with van der Waals surface area (Å²) in [5.41, 5.74) is 5.68. The second kappa shape index (κ2) is 5.84. The Balaban J connectivity index is 1.81. The van der Waals surface area contributed by atoms with Gasteiger partial charge in [-0.15, -0.1) is 11.3 Å². The SMILES string of the molecule is NNC(CCc1ccsc1)c1csc2ccccc12. The molecule has 2 heterocycles. The highest BCUT2D eigenvalue weighted by Crippen LogP contribution is 2.32. The van der Waals surface area contributed by atoms with E-state index < -0.39 is 0 Å². The fourth-order valence-electron chi connectivity index (χ4n) is 2.34. The minimum atomic E-state index is 0.219. The fraction of sp³-hybridized carbons (Fsp3) is 0.200. The largest absolute Gasteiger partial charge is 0.271 e. The van der Waals surface area contributed by atoms with Crippen LogP contribution < -0.4 is 11.3 Å². The van der Waals surface area contributed by atoms with Crippen molar-refractivity contribution < 1.29 is 0 Å². The summed E-state index contributed by atoms with van der Waals surface area (Å²) >= 11 is 3.54. The zero-order valence-corrected chi connectivity index (χ0v) is 12.1. The topological polar surface area (TPSA) is 38.0 Å². The van der Waals surface area contributed by atoms with Crippen LogP contribution in [0, 0.1) is 0 Å². The van der Waals surface area contributed by atoms with E-state index in [1.807, 2.05) is 0 Å². The van der Waals surface area contributed by atoms with Gasteiger partial charge < -0.3 is 0 Å². The lowest BCUT2D eigenvalue weighted by Gasteiger charge is -2.15. The van der Waals surface area contributed by atoms with E-state index in [0.29, 0.717) is 0 Å². The third kappa shape index (κ3) is 2.72. The van der Waals surface area contributed by atoms with Gasteiger partial charge in [0.2, 0.25) is 0 Å². The smallest absolute Gasteiger partial charge is 0.0477 e. The van der Waals surface area contributed by atoms with Crippen LogP contribution in [0.5, 0.6) is 0 Å². The molecule has 0 amide bonds. The Morgan fingerprint density at radius 1 is 1.16 bits per heavy atom. The third-order valence-electron chi connectivity index (χ3n) is 3.39. The molecule has 1 aromatic carbocycles. The molecule has 0 spiro atoms. The molecule has 3 rings (SSSR count). The van der Waals surface area contributed by atoms with Crippen molar-refractivity contribution in [3.63, 3.8) is 0 Å². The number of rotatable bonds is 5. The van der Waals surface area contributed by atoms with E-state index in [4.69, 9.17) is 5.84 Å². The number of nitrogens with two attached hydrogens (primary N) is 1. The maximum atomic E-state index is 5.75. The van der Waals surface area contributed by atoms with E-state index in [1.165, 1.54) is 21.2 Å². The summed E-state index contributed by atoms with van der Waals surface area (Å²) in [5, 5.41) is 7.88. The standard InChI is InChI=1S/C15H16N2S2/c16-17-14(6-5-11-7-8-18-9-11)13-10-19-15-4-2-1-3-12(13)15/h1-4,7-10,14,17H,5-6,16H2. The maximum absolute atomic E-state index is 5.75. The molecular weight excluding hydrogens is 272 g/mol. The summed E-state index contributed by atoms with van der Waals surface area (Å²) in [7, 11) is 0. The summed E-state index contributed by atoms with van der Waals surface area (Å²) in [6.07, 6.45) is 2.08. The summed E-state index contributed by atoms with van der Waals surface area (Å²) in [6.45, 7) is 0. The van der Waals surface area contributed by atoms with Crippen molar-refractivity contribution in [2.75, 3.05) is 0 Å². The van der Waals surface area contributed by atoms with Crippen LogP contribution in [0.1, 0.15) is 23.6 Å². The second-order valence-electron chi connectivity index (χ2n) is 4.58. The molecule has 2 nitrogen and oxygen atoms in total. The average molecular weight is 288 g/mol. The molecule has 0 fully saturated rings. The molecule has 0 radical (unpaired) electrons. The van der Waals surface area contributed by atoms with Crippen LogP contribution in [0.25, 0.3) is 10.1 Å². The maximum Gasteiger partial charge on any atom is 0.0477 e. The van der Waals surface area contributed by atoms with E-state index in [0.717, 1.165) is 12.8 Å². The van der Waals surface area contributed by atoms with Crippen molar-refractivity contribution >= 4 is 32.8 Å². The Morgan fingerprint density at radius 3 is 2.84 bits per heavy atom. The Kier molecular flexibility index (Phi) is 3.94. The zero-order valence-electron chi connectivity index (χ0n) is 10.5. The molecule has 0 saturated heterocycles. The first-order chi connectivity index (χ1) is 9.38. The molecule has 98 valence electrons. The normalized spacial score (nSPS) is 12.9. The van der Waals surface area contributed by atoms with Crippen LogP contribution in [0.15, 0.2) is 46.5 Å². The number of thiophene rings is 2. The average Bonchev–Trinajstić information content (AvgIpc) is 3.09. The van der Waals surface area contributed by atoms with Gasteiger partial charge in [-0.3, -0.25) is 11.3 Å². The number of fused-ring (bicyclic) bond motifs is 1. The van der Waals surface area contributed by atoms with Crippen molar-refractivity contribution in [1.29, 1.82) is 0 Å². The highest BCUT2D eigenvalue weighted by atomic mass is 32.1. The van der Waals surface area contributed by atoms with Crippen molar-refractivity contribution in [2.24, 2.45) is 5.84 Å². The molecule has 1 unspecified atom stereocenters. The molecule has 0 aliphatic rings. The molecule has 0 saturated carbocycles. The molecule has 3 N–H and O–H groups in total. The van der Waals surface area contributed by atoms with Crippen LogP contribution >= 0.6 is 22.7 Å². The number of benzene rings is 1. The van der Waals surface area contributed by atoms with E-state index in [9.17, 15) is 0 Å². The Morgan fingerprint density at radius 2 is 2.05 bits per heavy atom. The highest BCUT2D eigenvalue weighted by Gasteiger charge is 2.14. The van der Waals surface area contributed by atoms with Gasteiger partial charge >= 0.3 is 0 Å². The van der Waals surface area contributed by atoms with Crippen molar-refractivity contribution in [3.05, 3.63) is 57.6 Å². The van der Waals surface area contributed by atoms with Gasteiger partial charge in [0.25, 0.3) is 0 Å². The number of hydrogen-bond donors (Lipinski definition) is 2. The van der Waals surface area contributed by atoms with Gasteiger partial charge in [-0.05, 0) is 57.6 Å². The third-order valence-corrected chi connectivity index (χ3v) is 5.10. The summed E-state index contributed by atoms with van der Waals surface area (Å²) in [5.74, 6) is 5.75. The lowest BCUT2D eigenvalue weighted by molar-refractivity contribution is 0.521. The van der Waals surface area contributed by atoms with Crippen LogP contribution in [0.2, 0.25) is 0 Å². The van der Waals surface area contributed by atoms with Gasteiger partial charge in [-0.1, -0.05) is 18.2 Å². The Bertz CT molecular complexity index is 643. The summed E-state index contributed by atoms with van der Waals surface area (Å²) < 4.78 is 1.33. The van der Waals surface area contributed by atoms with Crippen molar-refractivity contribution in [3.8, 4) is 0 Å². The van der Waals surface area contributed by atoms with Crippen LogP contribution in [-0.4, -0.2) is 0 Å². The molecule has 2 aromatic heterocycles. The quantitative estimate of drug-likeness (QED) is 0.548. The van der Waals surface area contributed by atoms with Crippen molar-refractivity contribution in [1.82, 2.24) is 5.43 Å². The molecule has 19 heavy (non-hydrogen) atoms. The molecule has 0 aliphatic heterocycles. The molecule has 0 bridgehead atoms. The first-order valence-electron chi connectivity index (χ1n) is 6.32. The fourth-order valence-corrected chi connectivity index (χ4v) is 4.06. The lowest BCUT2D eigenvalue weighted by Crippen LogP contribution is -2.28. The lowest BCUT2D eigenvalue weighted by atomic mass is 10.00. The zero-order chi connectivity index (χ0) is 13.1. The second-order valence-corrected chi connectivity index (χ2v) is 6.27. The Labute approximate surface area is 120 Å².